The molecule has 2 aromatic heterocycles. The second kappa shape index (κ2) is 4.92. The first kappa shape index (κ1) is 13.7. The number of anilines is 1. The van der Waals surface area contributed by atoms with Crippen molar-refractivity contribution in [1.82, 2.24) is 15.2 Å². The molecule has 3 aromatic rings. The first-order valence-electron chi connectivity index (χ1n) is 6.21. The molecular weight excluding hydrogens is 294 g/mol. The molecular formula is C14H12F2N4S. The lowest BCUT2D eigenvalue weighted by atomic mass is 10.0. The molecule has 0 saturated carbocycles. The summed E-state index contributed by atoms with van der Waals surface area (Å²) in [6.45, 7) is 3.75. The molecule has 0 saturated heterocycles. The number of benzene rings is 1. The van der Waals surface area contributed by atoms with Gasteiger partial charge in [-0.15, -0.1) is 11.3 Å². The number of nitrogens with two attached hydrogens (primary N) is 1. The molecule has 7 heteroatoms. The highest BCUT2D eigenvalue weighted by molar-refractivity contribution is 7.15. The van der Waals surface area contributed by atoms with Gasteiger partial charge in [0.25, 0.3) is 0 Å². The molecule has 3 N–H and O–H groups in total. The predicted octanol–water partition coefficient (Wildman–Crippen LogP) is 3.68. The molecule has 0 radical (unpaired) electrons. The monoisotopic (exact) mass is 306 g/mol. The number of H-pyrrole nitrogens is 1. The lowest BCUT2D eigenvalue weighted by Gasteiger charge is -2.05. The van der Waals surface area contributed by atoms with Gasteiger partial charge in [-0.2, -0.15) is 5.10 Å². The van der Waals surface area contributed by atoms with Crippen molar-refractivity contribution in [2.45, 2.75) is 13.8 Å². The number of thiazole rings is 1. The van der Waals surface area contributed by atoms with E-state index < -0.39 is 11.6 Å². The van der Waals surface area contributed by atoms with Crippen molar-refractivity contribution in [3.8, 4) is 21.7 Å². The second-order valence-corrected chi connectivity index (χ2v) is 5.83. The van der Waals surface area contributed by atoms with Gasteiger partial charge in [-0.3, -0.25) is 5.10 Å². The molecule has 0 unspecified atom stereocenters. The average Bonchev–Trinajstić information content (AvgIpc) is 2.93. The lowest BCUT2D eigenvalue weighted by Crippen LogP contribution is -1.92. The zero-order valence-corrected chi connectivity index (χ0v) is 12.2. The van der Waals surface area contributed by atoms with E-state index in [4.69, 9.17) is 5.73 Å². The van der Waals surface area contributed by atoms with Crippen LogP contribution in [0.3, 0.4) is 0 Å². The van der Waals surface area contributed by atoms with Gasteiger partial charge in [0.2, 0.25) is 0 Å². The summed E-state index contributed by atoms with van der Waals surface area (Å²) < 4.78 is 27.1. The van der Waals surface area contributed by atoms with Crippen molar-refractivity contribution in [3.63, 3.8) is 0 Å². The third-order valence-corrected chi connectivity index (χ3v) is 4.22. The molecule has 108 valence electrons. The Labute approximate surface area is 123 Å². The molecule has 0 atom stereocenters. The number of aryl methyl sites for hydroxylation is 2. The smallest absolute Gasteiger partial charge is 0.153 e. The summed E-state index contributed by atoms with van der Waals surface area (Å²) in [4.78, 5) is 5.19. The summed E-state index contributed by atoms with van der Waals surface area (Å²) in [5.74, 6) is -1.14. The summed E-state index contributed by atoms with van der Waals surface area (Å²) in [5, 5.41) is 7.66. The summed E-state index contributed by atoms with van der Waals surface area (Å²) in [6, 6.07) is 3.38. The van der Waals surface area contributed by atoms with Crippen LogP contribution in [0.5, 0.6) is 0 Å². The fraction of sp³-hybridized carbons (Fsp3) is 0.143. The van der Waals surface area contributed by atoms with E-state index in [1.165, 1.54) is 23.5 Å². The van der Waals surface area contributed by atoms with Gasteiger partial charge in [0.15, 0.2) is 5.82 Å². The minimum absolute atomic E-state index is 0.168. The van der Waals surface area contributed by atoms with Crippen LogP contribution in [0.2, 0.25) is 0 Å². The molecule has 21 heavy (non-hydrogen) atoms. The molecule has 4 nitrogen and oxygen atoms in total. The van der Waals surface area contributed by atoms with E-state index >= 15 is 0 Å². The van der Waals surface area contributed by atoms with E-state index in [9.17, 15) is 8.78 Å². The normalized spacial score (nSPS) is 11.0. The molecule has 0 amide bonds. The van der Waals surface area contributed by atoms with Gasteiger partial charge < -0.3 is 5.73 Å². The van der Waals surface area contributed by atoms with E-state index in [-0.39, 0.29) is 11.4 Å². The van der Waals surface area contributed by atoms with Crippen LogP contribution in [0.25, 0.3) is 21.7 Å². The number of hydrogen-bond donors (Lipinski definition) is 2. The number of hydrogen-bond acceptors (Lipinski definition) is 4. The van der Waals surface area contributed by atoms with Crippen molar-refractivity contribution in [2.75, 3.05) is 5.73 Å². The fourth-order valence-electron chi connectivity index (χ4n) is 2.25. The highest BCUT2D eigenvalue weighted by Gasteiger charge is 2.21. The van der Waals surface area contributed by atoms with Crippen molar-refractivity contribution < 1.29 is 8.78 Å². The highest BCUT2D eigenvalue weighted by atomic mass is 32.1. The Morgan fingerprint density at radius 3 is 2.62 bits per heavy atom. The Hall–Kier alpha value is -2.28. The van der Waals surface area contributed by atoms with Crippen LogP contribution in [0.1, 0.15) is 10.7 Å². The molecule has 2 heterocycles. The van der Waals surface area contributed by atoms with Crippen molar-refractivity contribution in [3.05, 3.63) is 40.5 Å². The fourth-order valence-corrected chi connectivity index (χ4v) is 3.17. The van der Waals surface area contributed by atoms with Gasteiger partial charge in [-0.05, 0) is 26.0 Å². The zero-order chi connectivity index (χ0) is 15.1. The highest BCUT2D eigenvalue weighted by Crippen LogP contribution is 2.39. The SMILES string of the molecule is Cc1nc(C)c(-c2[nH]nc(N)c2-c2ccc(F)cc2F)s1. The Kier molecular flexibility index (Phi) is 3.21. The zero-order valence-electron chi connectivity index (χ0n) is 11.4. The maximum absolute atomic E-state index is 14.0. The number of nitrogen functional groups attached to an aromatic ring is 1. The maximum Gasteiger partial charge on any atom is 0.153 e. The van der Waals surface area contributed by atoms with E-state index in [1.54, 1.807) is 0 Å². The molecule has 0 fully saturated rings. The number of rotatable bonds is 2. The summed E-state index contributed by atoms with van der Waals surface area (Å²) in [7, 11) is 0. The molecule has 3 rings (SSSR count). The molecule has 0 bridgehead atoms. The third-order valence-electron chi connectivity index (χ3n) is 3.13. The van der Waals surface area contributed by atoms with Crippen molar-refractivity contribution in [1.29, 1.82) is 0 Å². The lowest BCUT2D eigenvalue weighted by molar-refractivity contribution is 0.585. The Bertz CT molecular complexity index is 822. The van der Waals surface area contributed by atoms with E-state index in [0.717, 1.165) is 21.6 Å². The van der Waals surface area contributed by atoms with Crippen LogP contribution in [0, 0.1) is 25.5 Å². The topological polar surface area (TPSA) is 67.6 Å². The number of aromatic amines is 1. The first-order valence-corrected chi connectivity index (χ1v) is 7.02. The minimum atomic E-state index is -0.678. The van der Waals surface area contributed by atoms with Crippen LogP contribution < -0.4 is 5.73 Å². The number of nitrogens with one attached hydrogen (secondary N) is 1. The Balaban J connectivity index is 2.24. The van der Waals surface area contributed by atoms with E-state index in [1.807, 2.05) is 13.8 Å². The number of nitrogens with zero attached hydrogens (tertiary/aromatic N) is 2. The maximum atomic E-state index is 14.0. The Morgan fingerprint density at radius 1 is 1.24 bits per heavy atom. The van der Waals surface area contributed by atoms with E-state index in [2.05, 4.69) is 15.2 Å². The van der Waals surface area contributed by atoms with Crippen LogP contribution >= 0.6 is 11.3 Å². The van der Waals surface area contributed by atoms with E-state index in [0.29, 0.717) is 11.3 Å². The second-order valence-electron chi connectivity index (χ2n) is 4.63. The molecule has 0 aliphatic rings. The van der Waals surface area contributed by atoms with Crippen LogP contribution in [-0.2, 0) is 0 Å². The van der Waals surface area contributed by atoms with Gasteiger partial charge in [0.05, 0.1) is 26.8 Å². The third kappa shape index (κ3) is 2.29. The van der Waals surface area contributed by atoms with Crippen LogP contribution in [-0.4, -0.2) is 15.2 Å². The quantitative estimate of drug-likeness (QED) is 0.759. The Morgan fingerprint density at radius 2 is 2.00 bits per heavy atom. The molecule has 0 spiro atoms. The van der Waals surface area contributed by atoms with Gasteiger partial charge in [-0.1, -0.05) is 0 Å². The summed E-state index contributed by atoms with van der Waals surface area (Å²) in [5.41, 5.74) is 7.91. The summed E-state index contributed by atoms with van der Waals surface area (Å²) >= 11 is 1.46. The predicted molar refractivity (Wildman–Crippen MR) is 78.9 cm³/mol. The van der Waals surface area contributed by atoms with Gasteiger partial charge in [-0.25, -0.2) is 13.8 Å². The number of aromatic nitrogens is 3. The summed E-state index contributed by atoms with van der Waals surface area (Å²) in [6.07, 6.45) is 0. The van der Waals surface area contributed by atoms with Crippen molar-refractivity contribution >= 4 is 17.2 Å². The number of halogens is 2. The van der Waals surface area contributed by atoms with Gasteiger partial charge in [0, 0.05) is 11.6 Å². The first-order chi connectivity index (χ1) is 9.97. The standard InChI is InChI=1S/C14H12F2N4S/c1-6-13(21-7(2)18-6)12-11(14(17)20-19-12)9-4-3-8(15)5-10(9)16/h3-5H,1-2H3,(H3,17,19,20). The average molecular weight is 306 g/mol. The van der Waals surface area contributed by atoms with Crippen LogP contribution in [0.15, 0.2) is 18.2 Å². The van der Waals surface area contributed by atoms with Gasteiger partial charge in [0.1, 0.15) is 11.6 Å². The minimum Gasteiger partial charge on any atom is -0.382 e. The molecule has 1 aromatic carbocycles. The van der Waals surface area contributed by atoms with Crippen LogP contribution in [0.4, 0.5) is 14.6 Å². The van der Waals surface area contributed by atoms with Gasteiger partial charge >= 0.3 is 0 Å². The largest absolute Gasteiger partial charge is 0.382 e. The van der Waals surface area contributed by atoms with Crippen molar-refractivity contribution in [2.24, 2.45) is 0 Å². The molecule has 0 aliphatic carbocycles. The molecule has 0 aliphatic heterocycles.